The zero-order chi connectivity index (χ0) is 11.5. The van der Waals surface area contributed by atoms with Crippen LogP contribution in [-0.2, 0) is 6.54 Å². The first-order valence-electron chi connectivity index (χ1n) is 4.48. The first kappa shape index (κ1) is 10.2. The van der Waals surface area contributed by atoms with Gasteiger partial charge >= 0.3 is 5.97 Å². The van der Waals surface area contributed by atoms with Gasteiger partial charge in [-0.1, -0.05) is 0 Å². The summed E-state index contributed by atoms with van der Waals surface area (Å²) in [7, 11) is 0. The van der Waals surface area contributed by atoms with E-state index >= 15 is 0 Å². The van der Waals surface area contributed by atoms with E-state index < -0.39 is 5.97 Å². The number of hydrogen-bond acceptors (Lipinski definition) is 4. The van der Waals surface area contributed by atoms with E-state index in [0.29, 0.717) is 18.6 Å². The number of carbonyl (C=O) groups excluding carboxylic acids is 1. The summed E-state index contributed by atoms with van der Waals surface area (Å²) in [5.41, 5.74) is 0.113. The Morgan fingerprint density at radius 1 is 1.56 bits per heavy atom. The molecule has 0 spiro atoms. The number of carboxylic acid groups (broad SMARTS) is 1. The quantitative estimate of drug-likeness (QED) is 0.778. The Labute approximate surface area is 90.1 Å². The number of aromatic nitrogens is 2. The van der Waals surface area contributed by atoms with Gasteiger partial charge in [0.2, 0.25) is 0 Å². The molecule has 0 unspecified atom stereocenters. The summed E-state index contributed by atoms with van der Waals surface area (Å²) in [6.07, 6.45) is 3.26. The molecule has 1 N–H and O–H groups in total. The highest BCUT2D eigenvalue weighted by Crippen LogP contribution is 2.08. The normalized spacial score (nSPS) is 10.2. The van der Waals surface area contributed by atoms with Crippen LogP contribution in [0.25, 0.3) is 0 Å². The van der Waals surface area contributed by atoms with Crippen molar-refractivity contribution in [2.24, 2.45) is 0 Å². The fourth-order valence-corrected chi connectivity index (χ4v) is 1.26. The largest absolute Gasteiger partial charge is 0.478 e. The second-order valence-corrected chi connectivity index (χ2v) is 3.15. The molecule has 0 aliphatic rings. The summed E-state index contributed by atoms with van der Waals surface area (Å²) in [5, 5.41) is 12.5. The van der Waals surface area contributed by atoms with Crippen molar-refractivity contribution in [2.75, 3.05) is 0 Å². The zero-order valence-corrected chi connectivity index (χ0v) is 8.16. The zero-order valence-electron chi connectivity index (χ0n) is 8.16. The van der Waals surface area contributed by atoms with Crippen molar-refractivity contribution in [1.29, 1.82) is 0 Å². The number of carbonyl (C=O) groups is 2. The number of carboxylic acids is 1. The smallest absolute Gasteiger partial charge is 0.338 e. The average molecular weight is 220 g/mol. The molecule has 0 aliphatic carbocycles. The lowest BCUT2D eigenvalue weighted by atomic mass is 10.4. The van der Waals surface area contributed by atoms with E-state index in [1.54, 1.807) is 12.1 Å². The van der Waals surface area contributed by atoms with Crippen LogP contribution in [0.2, 0.25) is 0 Å². The number of aromatic carboxylic acids is 1. The van der Waals surface area contributed by atoms with Gasteiger partial charge in [-0.3, -0.25) is 9.48 Å². The average Bonchev–Trinajstić information content (AvgIpc) is 2.87. The molecule has 0 radical (unpaired) electrons. The third-order valence-electron chi connectivity index (χ3n) is 2.00. The maximum absolute atomic E-state index is 10.6. The van der Waals surface area contributed by atoms with Gasteiger partial charge in [0, 0.05) is 6.20 Å². The lowest BCUT2D eigenvalue weighted by molar-refractivity contribution is 0.0696. The molecule has 0 saturated carbocycles. The molecule has 2 rings (SSSR count). The lowest BCUT2D eigenvalue weighted by Gasteiger charge is -1.96. The van der Waals surface area contributed by atoms with Crippen LogP contribution in [0.15, 0.2) is 28.9 Å². The molecular formula is C10H8N2O4. The van der Waals surface area contributed by atoms with Gasteiger partial charge in [0.15, 0.2) is 12.0 Å². The molecule has 0 amide bonds. The van der Waals surface area contributed by atoms with Crippen molar-refractivity contribution in [2.45, 2.75) is 6.54 Å². The minimum atomic E-state index is -1.03. The fraction of sp³-hybridized carbons (Fsp3) is 0.100. The van der Waals surface area contributed by atoms with Gasteiger partial charge < -0.3 is 9.52 Å². The third kappa shape index (κ3) is 2.00. The molecule has 0 fully saturated rings. The van der Waals surface area contributed by atoms with Crippen LogP contribution in [0.4, 0.5) is 0 Å². The summed E-state index contributed by atoms with van der Waals surface area (Å²) in [6.45, 7) is 0.293. The summed E-state index contributed by atoms with van der Waals surface area (Å²) in [6, 6.07) is 3.19. The second-order valence-electron chi connectivity index (χ2n) is 3.15. The summed E-state index contributed by atoms with van der Waals surface area (Å²) < 4.78 is 6.56. The predicted octanol–water partition coefficient (Wildman–Crippen LogP) is 1.04. The number of hydrogen-bond donors (Lipinski definition) is 1. The Hall–Kier alpha value is -2.37. The Morgan fingerprint density at radius 3 is 2.94 bits per heavy atom. The van der Waals surface area contributed by atoms with Crippen molar-refractivity contribution in [3.8, 4) is 0 Å². The highest BCUT2D eigenvalue weighted by atomic mass is 16.4. The maximum atomic E-state index is 10.6. The van der Waals surface area contributed by atoms with E-state index in [1.165, 1.54) is 17.1 Å². The van der Waals surface area contributed by atoms with Crippen LogP contribution in [-0.4, -0.2) is 27.1 Å². The topological polar surface area (TPSA) is 85.3 Å². The number of furan rings is 1. The van der Waals surface area contributed by atoms with E-state index in [0.717, 1.165) is 0 Å². The standard InChI is InChI=1S/C10H8N2O4/c13-6-9-2-1-8(16-9)5-12-4-7(3-11-12)10(14)15/h1-4,6H,5H2,(H,14,15). The van der Waals surface area contributed by atoms with Gasteiger partial charge in [-0.05, 0) is 12.1 Å². The van der Waals surface area contributed by atoms with Crippen LogP contribution < -0.4 is 0 Å². The van der Waals surface area contributed by atoms with E-state index in [1.807, 2.05) is 0 Å². The molecule has 16 heavy (non-hydrogen) atoms. The van der Waals surface area contributed by atoms with E-state index in [4.69, 9.17) is 9.52 Å². The molecule has 2 aromatic heterocycles. The minimum absolute atomic E-state index is 0.113. The first-order valence-corrected chi connectivity index (χ1v) is 4.48. The summed E-state index contributed by atoms with van der Waals surface area (Å²) in [4.78, 5) is 21.0. The predicted molar refractivity (Wildman–Crippen MR) is 52.4 cm³/mol. The van der Waals surface area contributed by atoms with Crippen molar-refractivity contribution in [3.05, 3.63) is 41.6 Å². The van der Waals surface area contributed by atoms with E-state index in [2.05, 4.69) is 5.10 Å². The van der Waals surface area contributed by atoms with Crippen LogP contribution in [0.3, 0.4) is 0 Å². The van der Waals surface area contributed by atoms with Gasteiger partial charge in [0.1, 0.15) is 5.76 Å². The van der Waals surface area contributed by atoms with Crippen molar-refractivity contribution in [1.82, 2.24) is 9.78 Å². The fourth-order valence-electron chi connectivity index (χ4n) is 1.26. The van der Waals surface area contributed by atoms with Crippen molar-refractivity contribution < 1.29 is 19.1 Å². The van der Waals surface area contributed by atoms with Crippen molar-refractivity contribution in [3.63, 3.8) is 0 Å². The Kier molecular flexibility index (Phi) is 2.55. The summed E-state index contributed by atoms with van der Waals surface area (Å²) in [5.74, 6) is -0.248. The molecule has 6 nitrogen and oxygen atoms in total. The lowest BCUT2D eigenvalue weighted by Crippen LogP contribution is -1.99. The molecule has 0 aliphatic heterocycles. The van der Waals surface area contributed by atoms with Crippen LogP contribution in [0.5, 0.6) is 0 Å². The van der Waals surface area contributed by atoms with E-state index in [-0.39, 0.29) is 11.3 Å². The number of aldehydes is 1. The molecule has 0 atom stereocenters. The van der Waals surface area contributed by atoms with Crippen LogP contribution in [0, 0.1) is 0 Å². The van der Waals surface area contributed by atoms with Gasteiger partial charge in [-0.15, -0.1) is 0 Å². The van der Waals surface area contributed by atoms with Crippen LogP contribution in [0.1, 0.15) is 26.7 Å². The second kappa shape index (κ2) is 4.01. The van der Waals surface area contributed by atoms with Crippen molar-refractivity contribution >= 4 is 12.3 Å². The Bertz CT molecular complexity index is 526. The van der Waals surface area contributed by atoms with Gasteiger partial charge in [-0.25, -0.2) is 4.79 Å². The molecule has 2 aromatic rings. The van der Waals surface area contributed by atoms with Gasteiger partial charge in [0.25, 0.3) is 0 Å². The maximum Gasteiger partial charge on any atom is 0.338 e. The molecule has 0 saturated heterocycles. The van der Waals surface area contributed by atoms with E-state index in [9.17, 15) is 9.59 Å². The SMILES string of the molecule is O=Cc1ccc(Cn2cc(C(=O)O)cn2)o1. The number of rotatable bonds is 4. The third-order valence-corrected chi connectivity index (χ3v) is 2.00. The molecular weight excluding hydrogens is 212 g/mol. The molecule has 0 bridgehead atoms. The summed E-state index contributed by atoms with van der Waals surface area (Å²) >= 11 is 0. The van der Waals surface area contributed by atoms with Gasteiger partial charge in [-0.2, -0.15) is 5.10 Å². The molecule has 82 valence electrons. The minimum Gasteiger partial charge on any atom is -0.478 e. The molecule has 2 heterocycles. The van der Waals surface area contributed by atoms with Crippen LogP contribution >= 0.6 is 0 Å². The Balaban J connectivity index is 2.13. The monoisotopic (exact) mass is 220 g/mol. The Morgan fingerprint density at radius 2 is 2.38 bits per heavy atom. The van der Waals surface area contributed by atoms with Gasteiger partial charge in [0.05, 0.1) is 18.3 Å². The number of nitrogens with zero attached hydrogens (tertiary/aromatic N) is 2. The molecule has 0 aromatic carbocycles. The highest BCUT2D eigenvalue weighted by Gasteiger charge is 2.07. The highest BCUT2D eigenvalue weighted by molar-refractivity contribution is 5.86. The molecule has 6 heteroatoms. The first-order chi connectivity index (χ1) is 7.69.